The second-order valence-corrected chi connectivity index (χ2v) is 5.95. The zero-order valence-corrected chi connectivity index (χ0v) is 11.5. The molecule has 0 saturated carbocycles. The molecule has 0 heterocycles. The maximum Gasteiger partial charge on any atom is 0.242 e. The van der Waals surface area contributed by atoms with Gasteiger partial charge in [0.1, 0.15) is 10.7 Å². The highest BCUT2D eigenvalue weighted by Gasteiger charge is 2.15. The Balaban J connectivity index is 2.30. The SMILES string of the molecule is CNS(=O)(=O)c1ccc(Nc2cccc(F)c2)cc1N. The van der Waals surface area contributed by atoms with E-state index in [4.69, 9.17) is 5.73 Å². The lowest BCUT2D eigenvalue weighted by Gasteiger charge is -2.10. The number of nitrogens with one attached hydrogen (secondary N) is 2. The van der Waals surface area contributed by atoms with Gasteiger partial charge in [-0.05, 0) is 43.4 Å². The van der Waals surface area contributed by atoms with Crippen molar-refractivity contribution in [2.24, 2.45) is 0 Å². The minimum Gasteiger partial charge on any atom is -0.398 e. The number of sulfonamides is 1. The molecule has 0 atom stereocenters. The highest BCUT2D eigenvalue weighted by Crippen LogP contribution is 2.24. The molecule has 2 rings (SSSR count). The molecule has 0 spiro atoms. The Bertz CT molecular complexity index is 732. The number of anilines is 3. The second kappa shape index (κ2) is 5.48. The topological polar surface area (TPSA) is 84.2 Å². The highest BCUT2D eigenvalue weighted by molar-refractivity contribution is 7.89. The van der Waals surface area contributed by atoms with Crippen LogP contribution in [0.5, 0.6) is 0 Å². The van der Waals surface area contributed by atoms with Crippen molar-refractivity contribution in [1.82, 2.24) is 4.72 Å². The standard InChI is InChI=1S/C13H14FN3O2S/c1-16-20(18,19)13-6-5-11(8-12(13)15)17-10-4-2-3-9(14)7-10/h2-8,16-17H,15H2,1H3. The molecule has 20 heavy (non-hydrogen) atoms. The molecule has 0 amide bonds. The van der Waals surface area contributed by atoms with E-state index in [2.05, 4.69) is 10.0 Å². The molecule has 0 fully saturated rings. The minimum atomic E-state index is -3.59. The Hall–Kier alpha value is -2.12. The van der Waals surface area contributed by atoms with E-state index in [0.29, 0.717) is 11.4 Å². The van der Waals surface area contributed by atoms with E-state index in [1.165, 1.54) is 31.3 Å². The van der Waals surface area contributed by atoms with Crippen LogP contribution in [0.4, 0.5) is 21.5 Å². The van der Waals surface area contributed by atoms with Crippen molar-refractivity contribution in [1.29, 1.82) is 0 Å². The molecule has 5 nitrogen and oxygen atoms in total. The van der Waals surface area contributed by atoms with Gasteiger partial charge in [-0.2, -0.15) is 0 Å². The normalized spacial score (nSPS) is 11.3. The van der Waals surface area contributed by atoms with E-state index in [0.717, 1.165) is 0 Å². The molecule has 4 N–H and O–H groups in total. The maximum atomic E-state index is 13.1. The van der Waals surface area contributed by atoms with Crippen LogP contribution >= 0.6 is 0 Å². The Morgan fingerprint density at radius 3 is 2.40 bits per heavy atom. The smallest absolute Gasteiger partial charge is 0.242 e. The van der Waals surface area contributed by atoms with Crippen molar-refractivity contribution >= 4 is 27.1 Å². The summed E-state index contributed by atoms with van der Waals surface area (Å²) in [4.78, 5) is 0.00444. The molecular formula is C13H14FN3O2S. The summed E-state index contributed by atoms with van der Waals surface area (Å²) in [5.74, 6) is -0.364. The molecule has 2 aromatic rings. The van der Waals surface area contributed by atoms with Gasteiger partial charge in [0.05, 0.1) is 5.69 Å². The minimum absolute atomic E-state index is 0.00444. The summed E-state index contributed by atoms with van der Waals surface area (Å²) in [6.45, 7) is 0. The fraction of sp³-hybridized carbons (Fsp3) is 0.0769. The van der Waals surface area contributed by atoms with Crippen LogP contribution in [-0.2, 0) is 10.0 Å². The average Bonchev–Trinajstić information content (AvgIpc) is 2.38. The molecule has 0 saturated heterocycles. The molecule has 106 valence electrons. The van der Waals surface area contributed by atoms with Gasteiger partial charge >= 0.3 is 0 Å². The fourth-order valence-electron chi connectivity index (χ4n) is 1.71. The lowest BCUT2D eigenvalue weighted by molar-refractivity contribution is 0.588. The maximum absolute atomic E-state index is 13.1. The van der Waals surface area contributed by atoms with E-state index in [9.17, 15) is 12.8 Å². The van der Waals surface area contributed by atoms with Crippen LogP contribution in [-0.4, -0.2) is 15.5 Å². The van der Waals surface area contributed by atoms with E-state index >= 15 is 0 Å². The molecule has 0 bridgehead atoms. The summed E-state index contributed by atoms with van der Waals surface area (Å²) >= 11 is 0. The summed E-state index contributed by atoms with van der Waals surface area (Å²) in [5, 5.41) is 2.95. The first-order valence-corrected chi connectivity index (χ1v) is 7.26. The van der Waals surface area contributed by atoms with Crippen molar-refractivity contribution in [2.75, 3.05) is 18.1 Å². The first kappa shape index (κ1) is 14.3. The predicted molar refractivity (Wildman–Crippen MR) is 76.8 cm³/mol. The molecule has 7 heteroatoms. The Labute approximate surface area is 116 Å². The third kappa shape index (κ3) is 3.06. The number of rotatable bonds is 4. The Morgan fingerprint density at radius 1 is 1.10 bits per heavy atom. The summed E-state index contributed by atoms with van der Waals surface area (Å²) < 4.78 is 38.6. The predicted octanol–water partition coefficient (Wildman–Crippen LogP) is 2.06. The van der Waals surface area contributed by atoms with Gasteiger partial charge in [0.2, 0.25) is 10.0 Å². The summed E-state index contributed by atoms with van der Waals surface area (Å²) in [6, 6.07) is 10.4. The van der Waals surface area contributed by atoms with E-state index in [1.807, 2.05) is 0 Å². The summed E-state index contributed by atoms with van der Waals surface area (Å²) in [6.07, 6.45) is 0. The van der Waals surface area contributed by atoms with Crippen LogP contribution in [0.25, 0.3) is 0 Å². The second-order valence-electron chi connectivity index (χ2n) is 4.10. The van der Waals surface area contributed by atoms with Gasteiger partial charge in [-0.3, -0.25) is 0 Å². The van der Waals surface area contributed by atoms with Crippen LogP contribution in [0.2, 0.25) is 0 Å². The third-order valence-electron chi connectivity index (χ3n) is 2.68. The first-order valence-electron chi connectivity index (χ1n) is 5.78. The van der Waals surface area contributed by atoms with Crippen LogP contribution in [0.3, 0.4) is 0 Å². The van der Waals surface area contributed by atoms with E-state index < -0.39 is 10.0 Å². The number of nitrogen functional groups attached to an aromatic ring is 1. The lowest BCUT2D eigenvalue weighted by atomic mass is 10.2. The lowest BCUT2D eigenvalue weighted by Crippen LogP contribution is -2.19. The van der Waals surface area contributed by atoms with Gasteiger partial charge in [-0.25, -0.2) is 17.5 Å². The van der Waals surface area contributed by atoms with Gasteiger partial charge in [-0.1, -0.05) is 6.07 Å². The van der Waals surface area contributed by atoms with Gasteiger partial charge in [0, 0.05) is 11.4 Å². The van der Waals surface area contributed by atoms with Crippen molar-refractivity contribution < 1.29 is 12.8 Å². The third-order valence-corrected chi connectivity index (χ3v) is 4.17. The first-order chi connectivity index (χ1) is 9.42. The number of hydrogen-bond acceptors (Lipinski definition) is 4. The molecule has 2 aromatic carbocycles. The van der Waals surface area contributed by atoms with Gasteiger partial charge in [0.15, 0.2) is 0 Å². The fourth-order valence-corrected chi connectivity index (χ4v) is 2.55. The molecule has 0 unspecified atom stereocenters. The summed E-state index contributed by atoms with van der Waals surface area (Å²) in [7, 11) is -2.27. The molecule has 0 radical (unpaired) electrons. The number of halogens is 1. The molecular weight excluding hydrogens is 281 g/mol. The Kier molecular flexibility index (Phi) is 3.91. The molecule has 0 aliphatic heterocycles. The molecule has 0 aromatic heterocycles. The average molecular weight is 295 g/mol. The van der Waals surface area contributed by atoms with Crippen LogP contribution in [0, 0.1) is 5.82 Å². The van der Waals surface area contributed by atoms with Crippen molar-refractivity contribution in [3.05, 3.63) is 48.3 Å². The summed E-state index contributed by atoms with van der Waals surface area (Å²) in [5.41, 5.74) is 6.97. The number of nitrogens with two attached hydrogens (primary N) is 1. The van der Waals surface area contributed by atoms with Crippen molar-refractivity contribution in [2.45, 2.75) is 4.90 Å². The quantitative estimate of drug-likeness (QED) is 0.754. The highest BCUT2D eigenvalue weighted by atomic mass is 32.2. The zero-order valence-electron chi connectivity index (χ0n) is 10.7. The number of benzene rings is 2. The molecule has 0 aliphatic carbocycles. The molecule has 0 aliphatic rings. The van der Waals surface area contributed by atoms with Gasteiger partial charge < -0.3 is 11.1 Å². The monoisotopic (exact) mass is 295 g/mol. The van der Waals surface area contributed by atoms with Crippen LogP contribution < -0.4 is 15.8 Å². The van der Waals surface area contributed by atoms with Gasteiger partial charge in [-0.15, -0.1) is 0 Å². The van der Waals surface area contributed by atoms with Crippen molar-refractivity contribution in [3.8, 4) is 0 Å². The van der Waals surface area contributed by atoms with Crippen LogP contribution in [0.1, 0.15) is 0 Å². The van der Waals surface area contributed by atoms with E-state index in [1.54, 1.807) is 18.2 Å². The van der Waals surface area contributed by atoms with Crippen molar-refractivity contribution in [3.63, 3.8) is 0 Å². The van der Waals surface area contributed by atoms with Gasteiger partial charge in [0.25, 0.3) is 0 Å². The van der Waals surface area contributed by atoms with Crippen LogP contribution in [0.15, 0.2) is 47.4 Å². The number of hydrogen-bond donors (Lipinski definition) is 3. The largest absolute Gasteiger partial charge is 0.398 e. The zero-order chi connectivity index (χ0) is 14.8. The Morgan fingerprint density at radius 2 is 1.80 bits per heavy atom. The van der Waals surface area contributed by atoms with E-state index in [-0.39, 0.29) is 16.4 Å².